The van der Waals surface area contributed by atoms with Crippen molar-refractivity contribution in [1.29, 1.82) is 0 Å². The maximum atomic E-state index is 13.4. The molecule has 0 aromatic heterocycles. The van der Waals surface area contributed by atoms with E-state index in [1.807, 2.05) is 0 Å². The zero-order chi connectivity index (χ0) is 13.3. The van der Waals surface area contributed by atoms with Crippen molar-refractivity contribution in [3.63, 3.8) is 0 Å². The van der Waals surface area contributed by atoms with Crippen molar-refractivity contribution >= 4 is 21.8 Å². The summed E-state index contributed by atoms with van der Waals surface area (Å²) in [5.41, 5.74) is -0.472. The highest BCUT2D eigenvalue weighted by molar-refractivity contribution is 9.09. The molecule has 0 aliphatic heterocycles. The van der Waals surface area contributed by atoms with Crippen molar-refractivity contribution in [3.8, 4) is 0 Å². The van der Waals surface area contributed by atoms with E-state index in [9.17, 15) is 18.0 Å². The van der Waals surface area contributed by atoms with Crippen LogP contribution in [0.4, 0.5) is 13.2 Å². The maximum Gasteiger partial charge on any atom is 0.254 e. The molecule has 6 heteroatoms. The van der Waals surface area contributed by atoms with Crippen LogP contribution in [0, 0.1) is 17.5 Å². The van der Waals surface area contributed by atoms with Gasteiger partial charge in [-0.15, -0.1) is 0 Å². The summed E-state index contributed by atoms with van der Waals surface area (Å²) in [4.78, 5) is 11.9. The minimum Gasteiger partial charge on any atom is -0.348 e. The number of nitrogens with one attached hydrogen (secondary N) is 1. The van der Waals surface area contributed by atoms with Gasteiger partial charge in [0.15, 0.2) is 17.5 Å². The molecule has 0 radical (unpaired) electrons. The first-order chi connectivity index (χ1) is 8.50. The van der Waals surface area contributed by atoms with E-state index in [4.69, 9.17) is 0 Å². The van der Waals surface area contributed by atoms with Gasteiger partial charge < -0.3 is 5.32 Å². The highest BCUT2D eigenvalue weighted by atomic mass is 79.9. The van der Waals surface area contributed by atoms with E-state index in [0.29, 0.717) is 0 Å². The summed E-state index contributed by atoms with van der Waals surface area (Å²) in [6, 6.07) is 1.58. The van der Waals surface area contributed by atoms with Gasteiger partial charge in [0.05, 0.1) is 5.56 Å². The molecule has 0 heterocycles. The Morgan fingerprint density at radius 3 is 2.56 bits per heavy atom. The fourth-order valence-electron chi connectivity index (χ4n) is 2.02. The summed E-state index contributed by atoms with van der Waals surface area (Å²) < 4.78 is 39.1. The monoisotopic (exact) mass is 321 g/mol. The molecule has 1 amide bonds. The van der Waals surface area contributed by atoms with Crippen LogP contribution in [0.5, 0.6) is 0 Å². The van der Waals surface area contributed by atoms with Crippen LogP contribution in [0.3, 0.4) is 0 Å². The second-order valence-electron chi connectivity index (χ2n) is 4.25. The van der Waals surface area contributed by atoms with Gasteiger partial charge in [0, 0.05) is 10.9 Å². The molecular formula is C12H11BrF3NO. The Bertz CT molecular complexity index is 481. The van der Waals surface area contributed by atoms with Gasteiger partial charge in [0.2, 0.25) is 0 Å². The topological polar surface area (TPSA) is 29.1 Å². The normalized spacial score (nSPS) is 23.1. The molecule has 18 heavy (non-hydrogen) atoms. The molecule has 1 aliphatic rings. The fraction of sp³-hybridized carbons (Fsp3) is 0.417. The average molecular weight is 322 g/mol. The van der Waals surface area contributed by atoms with Gasteiger partial charge in [-0.1, -0.05) is 22.4 Å². The van der Waals surface area contributed by atoms with Crippen LogP contribution in [-0.2, 0) is 0 Å². The van der Waals surface area contributed by atoms with Gasteiger partial charge >= 0.3 is 0 Å². The van der Waals surface area contributed by atoms with E-state index in [1.165, 1.54) is 0 Å². The van der Waals surface area contributed by atoms with Crippen LogP contribution < -0.4 is 5.32 Å². The fourth-order valence-corrected chi connectivity index (χ4v) is 2.75. The largest absolute Gasteiger partial charge is 0.348 e. The molecule has 2 rings (SSSR count). The molecule has 1 fully saturated rings. The third-order valence-corrected chi connectivity index (χ3v) is 4.12. The number of amides is 1. The molecule has 1 aromatic carbocycles. The number of carbonyl (C=O) groups is 1. The molecule has 0 bridgehead atoms. The SMILES string of the molecule is O=C(NC1CCCC1Br)c1ccc(F)c(F)c1F. The minimum atomic E-state index is -1.62. The van der Waals surface area contributed by atoms with Crippen molar-refractivity contribution in [2.24, 2.45) is 0 Å². The molecular weight excluding hydrogens is 311 g/mol. The van der Waals surface area contributed by atoms with E-state index in [1.54, 1.807) is 0 Å². The second-order valence-corrected chi connectivity index (χ2v) is 5.43. The highest BCUT2D eigenvalue weighted by Crippen LogP contribution is 2.26. The molecule has 98 valence electrons. The quantitative estimate of drug-likeness (QED) is 0.658. The summed E-state index contributed by atoms with van der Waals surface area (Å²) in [6.07, 6.45) is 2.67. The van der Waals surface area contributed by atoms with Crippen LogP contribution in [0.2, 0.25) is 0 Å². The molecule has 0 spiro atoms. The van der Waals surface area contributed by atoms with E-state index in [-0.39, 0.29) is 10.9 Å². The van der Waals surface area contributed by atoms with Crippen LogP contribution >= 0.6 is 15.9 Å². The first-order valence-corrected chi connectivity index (χ1v) is 6.50. The van der Waals surface area contributed by atoms with Gasteiger partial charge in [-0.05, 0) is 25.0 Å². The van der Waals surface area contributed by atoms with E-state index in [2.05, 4.69) is 21.2 Å². The van der Waals surface area contributed by atoms with Crippen LogP contribution in [0.25, 0.3) is 0 Å². The number of hydrogen-bond acceptors (Lipinski definition) is 1. The van der Waals surface area contributed by atoms with E-state index < -0.39 is 28.9 Å². The summed E-state index contributed by atoms with van der Waals surface area (Å²) in [5, 5.41) is 2.62. The van der Waals surface area contributed by atoms with Crippen molar-refractivity contribution in [2.75, 3.05) is 0 Å². The lowest BCUT2D eigenvalue weighted by Gasteiger charge is -2.16. The zero-order valence-electron chi connectivity index (χ0n) is 9.35. The molecule has 1 aromatic rings. The van der Waals surface area contributed by atoms with Crippen molar-refractivity contribution in [3.05, 3.63) is 35.1 Å². The van der Waals surface area contributed by atoms with Gasteiger partial charge in [0.1, 0.15) is 0 Å². The van der Waals surface area contributed by atoms with E-state index >= 15 is 0 Å². The van der Waals surface area contributed by atoms with Gasteiger partial charge in [-0.3, -0.25) is 4.79 Å². The van der Waals surface area contributed by atoms with Crippen LogP contribution in [-0.4, -0.2) is 16.8 Å². The Hall–Kier alpha value is -1.04. The van der Waals surface area contributed by atoms with Crippen LogP contribution in [0.15, 0.2) is 12.1 Å². The Morgan fingerprint density at radius 2 is 1.94 bits per heavy atom. The molecule has 1 aliphatic carbocycles. The first-order valence-electron chi connectivity index (χ1n) is 5.59. The third-order valence-electron chi connectivity index (χ3n) is 3.03. The zero-order valence-corrected chi connectivity index (χ0v) is 10.9. The van der Waals surface area contributed by atoms with Crippen LogP contribution in [0.1, 0.15) is 29.6 Å². The minimum absolute atomic E-state index is 0.106. The summed E-state index contributed by atoms with van der Waals surface area (Å²) in [7, 11) is 0. The Balaban J connectivity index is 2.16. The summed E-state index contributed by atoms with van der Waals surface area (Å²) in [6.45, 7) is 0. The molecule has 0 saturated heterocycles. The summed E-state index contributed by atoms with van der Waals surface area (Å²) >= 11 is 3.41. The van der Waals surface area contributed by atoms with E-state index in [0.717, 1.165) is 31.4 Å². The summed E-state index contributed by atoms with van der Waals surface area (Å²) in [5.74, 6) is -5.09. The number of hydrogen-bond donors (Lipinski definition) is 1. The smallest absolute Gasteiger partial charge is 0.254 e. The van der Waals surface area contributed by atoms with Gasteiger partial charge in [-0.25, -0.2) is 13.2 Å². The number of rotatable bonds is 2. The Morgan fingerprint density at radius 1 is 1.22 bits per heavy atom. The second kappa shape index (κ2) is 5.30. The average Bonchev–Trinajstić information content (AvgIpc) is 2.72. The Kier molecular flexibility index (Phi) is 3.94. The highest BCUT2D eigenvalue weighted by Gasteiger charge is 2.28. The van der Waals surface area contributed by atoms with Gasteiger partial charge in [-0.2, -0.15) is 0 Å². The lowest BCUT2D eigenvalue weighted by molar-refractivity contribution is 0.0933. The molecule has 2 unspecified atom stereocenters. The lowest BCUT2D eigenvalue weighted by atomic mass is 10.1. The Labute approximate surface area is 111 Å². The molecule has 1 N–H and O–H groups in total. The van der Waals surface area contributed by atoms with Crippen molar-refractivity contribution in [2.45, 2.75) is 30.1 Å². The molecule has 2 atom stereocenters. The standard InChI is InChI=1S/C12H11BrF3NO/c13-7-2-1-3-9(7)17-12(18)6-4-5-8(14)11(16)10(6)15/h4-5,7,9H,1-3H2,(H,17,18). The maximum absolute atomic E-state index is 13.4. The number of benzene rings is 1. The number of alkyl halides is 1. The predicted octanol–water partition coefficient (Wildman–Crippen LogP) is 3.15. The predicted molar refractivity (Wildman–Crippen MR) is 64.1 cm³/mol. The number of halogens is 4. The molecule has 1 saturated carbocycles. The van der Waals surface area contributed by atoms with Crippen molar-refractivity contribution < 1.29 is 18.0 Å². The van der Waals surface area contributed by atoms with Gasteiger partial charge in [0.25, 0.3) is 5.91 Å². The molecule has 2 nitrogen and oxygen atoms in total. The third kappa shape index (κ3) is 2.53. The van der Waals surface area contributed by atoms with Crippen molar-refractivity contribution in [1.82, 2.24) is 5.32 Å². The number of carbonyl (C=O) groups excluding carboxylic acids is 1. The first kappa shape index (κ1) is 13.4. The lowest BCUT2D eigenvalue weighted by Crippen LogP contribution is -2.38.